The second kappa shape index (κ2) is 12.0. The van der Waals surface area contributed by atoms with E-state index in [4.69, 9.17) is 19.5 Å². The predicted molar refractivity (Wildman–Crippen MR) is 184 cm³/mol. The molecular weight excluding hydrogens is 750 g/mol. The molecule has 0 unspecified atom stereocenters. The summed E-state index contributed by atoms with van der Waals surface area (Å²) < 4.78 is 12.7. The number of fused-ring (bicyclic) bond motifs is 2. The molecule has 0 radical (unpaired) electrons. The van der Waals surface area contributed by atoms with Crippen molar-refractivity contribution in [2.24, 2.45) is 10.4 Å². The molecule has 1 atom stereocenters. The summed E-state index contributed by atoms with van der Waals surface area (Å²) in [7, 11) is 0. The van der Waals surface area contributed by atoms with E-state index >= 15 is 0 Å². The molecule has 1 aromatic heterocycles. The summed E-state index contributed by atoms with van der Waals surface area (Å²) in [6.45, 7) is 24.7. The first-order valence-corrected chi connectivity index (χ1v) is 15.9. The third-order valence-corrected chi connectivity index (χ3v) is 9.16. The van der Waals surface area contributed by atoms with E-state index < -0.39 is 0 Å². The Morgan fingerprint density at radius 1 is 0.913 bits per heavy atom. The zero-order valence-electron chi connectivity index (χ0n) is 29.0. The number of pyridine rings is 1. The zero-order chi connectivity index (χ0) is 32.5. The fourth-order valence-corrected chi connectivity index (χ4v) is 6.27. The molecule has 5 nitrogen and oxygen atoms in total. The molecule has 0 saturated carbocycles. The van der Waals surface area contributed by atoms with Gasteiger partial charge in [-0.3, -0.25) is 4.99 Å². The number of hydrogen-bond acceptors (Lipinski definition) is 5. The van der Waals surface area contributed by atoms with Crippen molar-refractivity contribution in [2.75, 3.05) is 11.5 Å². The molecule has 0 amide bonds. The molecule has 0 bridgehead atoms. The number of hydrogen-bond donors (Lipinski definition) is 0. The van der Waals surface area contributed by atoms with Gasteiger partial charge in [-0.15, -0.1) is 29.8 Å². The average molecular weight is 795 g/mol. The van der Waals surface area contributed by atoms with Crippen molar-refractivity contribution in [2.45, 2.75) is 93.0 Å². The van der Waals surface area contributed by atoms with E-state index in [2.05, 4.69) is 123 Å². The summed E-state index contributed by atoms with van der Waals surface area (Å²) in [5, 5.41) is 0. The van der Waals surface area contributed by atoms with Crippen LogP contribution in [0, 0.1) is 38.3 Å². The maximum absolute atomic E-state index is 6.58. The van der Waals surface area contributed by atoms with Gasteiger partial charge in [0.2, 0.25) is 0 Å². The van der Waals surface area contributed by atoms with Crippen molar-refractivity contribution >= 4 is 23.1 Å². The normalized spacial score (nSPS) is 17.0. The van der Waals surface area contributed by atoms with Crippen molar-refractivity contribution in [3.05, 3.63) is 106 Å². The average Bonchev–Trinajstić information content (AvgIpc) is 3.45. The molecule has 6 heteroatoms. The molecule has 6 rings (SSSR count). The number of rotatable bonds is 4. The van der Waals surface area contributed by atoms with Crippen LogP contribution in [0.5, 0.6) is 11.5 Å². The summed E-state index contributed by atoms with van der Waals surface area (Å²) in [5.41, 5.74) is 9.55. The van der Waals surface area contributed by atoms with E-state index in [1.165, 1.54) is 16.7 Å². The number of aliphatic imine (C=N–C) groups is 1. The Kier molecular flexibility index (Phi) is 8.83. The second-order valence-corrected chi connectivity index (χ2v) is 15.3. The van der Waals surface area contributed by atoms with E-state index in [0.717, 1.165) is 39.4 Å². The third-order valence-electron chi connectivity index (χ3n) is 9.16. The van der Waals surface area contributed by atoms with Gasteiger partial charge in [0.1, 0.15) is 11.7 Å². The molecule has 0 N–H and O–H groups in total. The van der Waals surface area contributed by atoms with Gasteiger partial charge in [0, 0.05) is 34.4 Å². The van der Waals surface area contributed by atoms with Crippen molar-refractivity contribution in [1.82, 2.24) is 4.98 Å². The minimum absolute atomic E-state index is 0. The van der Waals surface area contributed by atoms with Crippen LogP contribution in [0.3, 0.4) is 0 Å². The van der Waals surface area contributed by atoms with Crippen LogP contribution >= 0.6 is 0 Å². The first-order valence-electron chi connectivity index (χ1n) is 15.9. The maximum atomic E-state index is 6.58. The van der Waals surface area contributed by atoms with Crippen LogP contribution in [-0.2, 0) is 36.6 Å². The van der Waals surface area contributed by atoms with Crippen LogP contribution < -0.4 is 9.64 Å². The van der Waals surface area contributed by atoms with E-state index in [9.17, 15) is 0 Å². The van der Waals surface area contributed by atoms with Crippen molar-refractivity contribution in [3.8, 4) is 11.5 Å². The molecule has 46 heavy (non-hydrogen) atoms. The second-order valence-electron chi connectivity index (χ2n) is 15.3. The van der Waals surface area contributed by atoms with Gasteiger partial charge in [0.25, 0.3) is 0 Å². The molecule has 0 spiro atoms. The molecule has 4 aromatic rings. The van der Waals surface area contributed by atoms with Crippen LogP contribution in [0.2, 0.25) is 0 Å². The van der Waals surface area contributed by atoms with Gasteiger partial charge in [0.05, 0.1) is 12.6 Å². The van der Waals surface area contributed by atoms with Crippen molar-refractivity contribution in [1.29, 1.82) is 0 Å². The molecule has 0 aliphatic carbocycles. The molecule has 0 saturated heterocycles. The van der Waals surface area contributed by atoms with Crippen LogP contribution in [0.15, 0.2) is 59.7 Å². The summed E-state index contributed by atoms with van der Waals surface area (Å²) in [6, 6.07) is 24.6. The quantitative estimate of drug-likeness (QED) is 0.193. The first kappa shape index (κ1) is 33.9. The van der Waals surface area contributed by atoms with Gasteiger partial charge in [-0.1, -0.05) is 117 Å². The summed E-state index contributed by atoms with van der Waals surface area (Å²) in [4.78, 5) is 12.1. The summed E-state index contributed by atoms with van der Waals surface area (Å²) in [5.74, 6) is 2.81. The minimum Gasteiger partial charge on any atom is -0.518 e. The van der Waals surface area contributed by atoms with Crippen LogP contribution in [0.1, 0.15) is 94.3 Å². The van der Waals surface area contributed by atoms with Gasteiger partial charge >= 0.3 is 21.1 Å². The fourth-order valence-electron chi connectivity index (χ4n) is 6.27. The van der Waals surface area contributed by atoms with E-state index in [1.807, 2.05) is 25.3 Å². The zero-order valence-corrected chi connectivity index (χ0v) is 31.2. The number of nitrogens with zero attached hydrogens (tertiary/aromatic N) is 3. The topological polar surface area (TPSA) is 47.0 Å². The maximum Gasteiger partial charge on any atom is 2.00 e. The number of aromatic nitrogens is 1. The van der Waals surface area contributed by atoms with E-state index in [1.54, 1.807) is 0 Å². The Labute approximate surface area is 289 Å². The van der Waals surface area contributed by atoms with Gasteiger partial charge in [-0.05, 0) is 34.1 Å². The van der Waals surface area contributed by atoms with Gasteiger partial charge in [-0.25, -0.2) is 4.98 Å². The Morgan fingerprint density at radius 3 is 2.33 bits per heavy atom. The van der Waals surface area contributed by atoms with Gasteiger partial charge in [-0.2, -0.15) is 5.56 Å². The standard InChI is InChI=1S/C40H45N3O2.Pt/c1-24-17-28(43-33-15-14-27(38(4,5)6)20-32(33)40(10,11)31-13-12-16-41-36(31)43)21-29(18-24)45-34-22-30(25(2)19-26(34)3)37-42-35(23-44-37)39(7,8)9;/h12-20,35H,23H2,1-11H3;/q-2;+2/t35-;/m0./s1. The largest absolute Gasteiger partial charge is 2.00 e. The molecule has 2 aliphatic heterocycles. The van der Waals surface area contributed by atoms with E-state index in [0.29, 0.717) is 24.0 Å². The number of aryl methyl sites for hydroxylation is 3. The monoisotopic (exact) mass is 794 g/mol. The summed E-state index contributed by atoms with van der Waals surface area (Å²) in [6.07, 6.45) is 1.87. The SMILES string of the molecule is Cc1cc(Oc2[c-]c(C3=N[C@H](C(C)(C)C)CO3)c(C)cc2C)[c-]c(N2c3ccc(C(C)(C)C)cc3C(C)(C)c3cccnc32)c1.[Pt+2]. The van der Waals surface area contributed by atoms with Gasteiger partial charge < -0.3 is 14.4 Å². The van der Waals surface area contributed by atoms with Crippen LogP contribution in [0.4, 0.5) is 17.2 Å². The van der Waals surface area contributed by atoms with Gasteiger partial charge in [0.15, 0.2) is 0 Å². The third kappa shape index (κ3) is 6.16. The number of benzene rings is 3. The fraction of sp³-hybridized carbons (Fsp3) is 0.400. The Balaban J connectivity index is 0.00000417. The Morgan fingerprint density at radius 2 is 1.65 bits per heavy atom. The van der Waals surface area contributed by atoms with E-state index in [-0.39, 0.29) is 43.4 Å². The van der Waals surface area contributed by atoms with Crippen molar-refractivity contribution < 1.29 is 30.5 Å². The molecule has 2 aliphatic rings. The number of anilines is 3. The molecule has 3 aromatic carbocycles. The number of ether oxygens (including phenoxy) is 2. The first-order chi connectivity index (χ1) is 21.0. The predicted octanol–water partition coefficient (Wildman–Crippen LogP) is 10.00. The molecular formula is C40H45N3O2Pt. The smallest absolute Gasteiger partial charge is 0.518 e. The summed E-state index contributed by atoms with van der Waals surface area (Å²) >= 11 is 0. The molecule has 3 heterocycles. The Bertz CT molecular complexity index is 1830. The Hall–Kier alpha value is -3.43. The minimum atomic E-state index is -0.221. The molecule has 0 fully saturated rings. The van der Waals surface area contributed by atoms with Crippen molar-refractivity contribution in [3.63, 3.8) is 0 Å². The van der Waals surface area contributed by atoms with Crippen LogP contribution in [0.25, 0.3) is 0 Å². The van der Waals surface area contributed by atoms with Crippen LogP contribution in [-0.4, -0.2) is 23.5 Å². The molecule has 242 valence electrons.